The molecule has 75 heavy (non-hydrogen) atoms. The van der Waals surface area contributed by atoms with Crippen molar-refractivity contribution in [2.45, 2.75) is 186 Å². The third-order valence-corrected chi connectivity index (χ3v) is 19.7. The number of aliphatic hydroxyl groups is 7. The molecule has 1 saturated carbocycles. The highest BCUT2D eigenvalue weighted by molar-refractivity contribution is 7.99. The quantitative estimate of drug-likeness (QED) is 0.0864. The molecule has 25 heteroatoms. The average Bonchev–Trinajstić information content (AvgIpc) is 3.75. The number of quaternary nitrogens is 3. The molecule has 432 valence electrons. The van der Waals surface area contributed by atoms with E-state index in [0.717, 1.165) is 51.9 Å². The van der Waals surface area contributed by atoms with Crippen LogP contribution < -0.4 is 27.8 Å². The zero-order valence-corrected chi connectivity index (χ0v) is 48.5. The summed E-state index contributed by atoms with van der Waals surface area (Å²) < 4.78 is 23.8. The van der Waals surface area contributed by atoms with Gasteiger partial charge in [-0.15, -0.1) is 35.3 Å². The first-order valence-electron chi connectivity index (χ1n) is 26.8. The lowest BCUT2D eigenvalue weighted by molar-refractivity contribution is -0.414. The summed E-state index contributed by atoms with van der Waals surface area (Å²) in [6.07, 6.45) is 2.44. The van der Waals surface area contributed by atoms with Crippen molar-refractivity contribution >= 4 is 47.1 Å². The fourth-order valence-corrected chi connectivity index (χ4v) is 14.1. The Hall–Kier alpha value is -1.44. The number of nitrogens with zero attached hydrogens (tertiary/aromatic N) is 4. The van der Waals surface area contributed by atoms with E-state index >= 15 is 0 Å². The Morgan fingerprint density at radius 3 is 1.75 bits per heavy atom. The summed E-state index contributed by atoms with van der Waals surface area (Å²) >= 11 is 4.22. The zero-order valence-electron chi connectivity index (χ0n) is 46.0. The molecule has 1 aliphatic carbocycles. The van der Waals surface area contributed by atoms with Gasteiger partial charge in [-0.1, -0.05) is 20.8 Å². The summed E-state index contributed by atoms with van der Waals surface area (Å²) in [5, 5.41) is 78.8. The Bertz CT molecular complexity index is 1980. The van der Waals surface area contributed by atoms with Crippen LogP contribution in [0.5, 0.6) is 0 Å². The topological polar surface area (TPSA) is 346 Å². The second-order valence-corrected chi connectivity index (χ2v) is 25.4. The van der Waals surface area contributed by atoms with Gasteiger partial charge in [-0.05, 0) is 79.6 Å². The maximum atomic E-state index is 12.8. The van der Waals surface area contributed by atoms with Gasteiger partial charge in [0.25, 0.3) is 0 Å². The fraction of sp³-hybridized carbons (Fsp3) is 0.900. The maximum absolute atomic E-state index is 12.8. The molecule has 0 bridgehead atoms. The molecule has 2 amide bonds. The fourth-order valence-electron chi connectivity index (χ4n) is 11.8. The third kappa shape index (κ3) is 14.4. The molecule has 0 unspecified atom stereocenters. The van der Waals surface area contributed by atoms with E-state index in [2.05, 4.69) is 44.7 Å². The van der Waals surface area contributed by atoms with Gasteiger partial charge in [0.15, 0.2) is 0 Å². The molecule has 0 spiro atoms. The van der Waals surface area contributed by atoms with Crippen LogP contribution in [0.25, 0.3) is 0 Å². The molecule has 1 aromatic rings. The number of aliphatic hydroxyl groups excluding tert-OH is 7. The molecular weight excluding hydrogens is 1030 g/mol. The van der Waals surface area contributed by atoms with E-state index in [-0.39, 0.29) is 76.7 Å². The number of thioether (sulfide) groups is 3. The van der Waals surface area contributed by atoms with Crippen molar-refractivity contribution in [2.24, 2.45) is 29.6 Å². The number of hydrogen-bond donors (Lipinski definition) is 12. The van der Waals surface area contributed by atoms with Crippen LogP contribution in [-0.4, -0.2) is 241 Å². The van der Waals surface area contributed by atoms with Gasteiger partial charge in [0.2, 0.25) is 17.7 Å². The smallest absolute Gasteiger partial charge is 0.237 e. The highest BCUT2D eigenvalue weighted by atomic mass is 32.2. The predicted octanol–water partition coefficient (Wildman–Crippen LogP) is -3.41. The van der Waals surface area contributed by atoms with Crippen molar-refractivity contribution in [3.8, 4) is 0 Å². The third-order valence-electron chi connectivity index (χ3n) is 17.1. The van der Waals surface area contributed by atoms with Gasteiger partial charge in [0, 0.05) is 49.0 Å². The summed E-state index contributed by atoms with van der Waals surface area (Å²) in [6, 6.07) is -0.823. The van der Waals surface area contributed by atoms with E-state index in [9.17, 15) is 45.3 Å². The minimum Gasteiger partial charge on any atom is -0.444 e. The lowest BCUT2D eigenvalue weighted by Crippen LogP contribution is -2.63. The first-order chi connectivity index (χ1) is 35.4. The number of rotatable bonds is 14. The van der Waals surface area contributed by atoms with Gasteiger partial charge in [-0.25, -0.2) is 4.98 Å². The lowest BCUT2D eigenvalue weighted by Gasteiger charge is -2.45. The summed E-state index contributed by atoms with van der Waals surface area (Å²) in [5.41, 5.74) is 11.5. The van der Waals surface area contributed by atoms with Crippen LogP contribution >= 0.6 is 35.3 Å². The average molecular weight is 1130 g/mol. The summed E-state index contributed by atoms with van der Waals surface area (Å²) in [6.45, 7) is 12.4. The van der Waals surface area contributed by atoms with Crippen molar-refractivity contribution in [3.63, 3.8) is 0 Å². The van der Waals surface area contributed by atoms with E-state index in [1.165, 1.54) is 35.3 Å². The van der Waals surface area contributed by atoms with Gasteiger partial charge < -0.3 is 82.2 Å². The van der Waals surface area contributed by atoms with Crippen LogP contribution in [0.4, 0.5) is 0 Å². The number of aryl methyl sites for hydroxylation is 1. The van der Waals surface area contributed by atoms with Crippen LogP contribution in [0.15, 0.2) is 4.42 Å². The monoisotopic (exact) mass is 1120 g/mol. The summed E-state index contributed by atoms with van der Waals surface area (Å²) in [5.74, 6) is 0.933. The van der Waals surface area contributed by atoms with Gasteiger partial charge in [0.05, 0.1) is 98.1 Å². The summed E-state index contributed by atoms with van der Waals surface area (Å²) in [4.78, 5) is 36.4. The number of nitrogens with one attached hydrogen (secondary N) is 2. The van der Waals surface area contributed by atoms with E-state index in [1.807, 2.05) is 58.5 Å². The number of ether oxygens (including phenoxy) is 3. The molecule has 6 saturated heterocycles. The molecule has 0 radical (unpaired) electrons. The molecule has 18 N–H and O–H groups in total. The van der Waals surface area contributed by atoms with Crippen LogP contribution in [0, 0.1) is 36.5 Å². The highest BCUT2D eigenvalue weighted by Gasteiger charge is 2.55. The maximum Gasteiger partial charge on any atom is 0.237 e. The summed E-state index contributed by atoms with van der Waals surface area (Å²) in [7, 11) is 5.93. The van der Waals surface area contributed by atoms with Crippen molar-refractivity contribution in [3.05, 3.63) is 17.3 Å². The lowest BCUT2D eigenvalue weighted by atomic mass is 9.86. The van der Waals surface area contributed by atoms with E-state index in [0.29, 0.717) is 29.7 Å². The number of oxazole rings is 1. The molecule has 0 aromatic carbocycles. The molecular formula is C50H94N9O13S3+3. The molecule has 1 aromatic heterocycles. The van der Waals surface area contributed by atoms with Gasteiger partial charge in [-0.3, -0.25) is 24.3 Å². The number of likely N-dealkylation sites (N-methyl/N-ethyl adjacent to an activating group) is 2. The van der Waals surface area contributed by atoms with Crippen LogP contribution in [-0.2, 0) is 23.8 Å². The van der Waals surface area contributed by atoms with Crippen LogP contribution in [0.2, 0.25) is 0 Å². The highest BCUT2D eigenvalue weighted by Crippen LogP contribution is 2.43. The molecule has 7 heterocycles. The number of carbonyl (C=O) groups excluding carboxylic acids is 2. The van der Waals surface area contributed by atoms with Gasteiger partial charge >= 0.3 is 0 Å². The molecule has 7 aliphatic rings. The van der Waals surface area contributed by atoms with Crippen molar-refractivity contribution in [2.75, 3.05) is 66.1 Å². The van der Waals surface area contributed by atoms with Crippen molar-refractivity contribution in [1.29, 1.82) is 0 Å². The number of amides is 2. The molecule has 6 aliphatic heterocycles. The first kappa shape index (κ1) is 62.8. The van der Waals surface area contributed by atoms with Gasteiger partial charge in [0.1, 0.15) is 46.1 Å². The van der Waals surface area contributed by atoms with Crippen molar-refractivity contribution in [1.82, 2.24) is 30.3 Å². The second kappa shape index (κ2) is 27.3. The molecule has 7 fully saturated rings. The number of carbonyl (C=O) groups is 2. The van der Waals surface area contributed by atoms with Crippen LogP contribution in [0.1, 0.15) is 89.3 Å². The molecule has 22 nitrogen and oxygen atoms in total. The zero-order chi connectivity index (χ0) is 55.5. The van der Waals surface area contributed by atoms with E-state index in [1.54, 1.807) is 13.8 Å². The van der Waals surface area contributed by atoms with Crippen molar-refractivity contribution < 1.29 is 81.2 Å². The normalized spacial score (nSPS) is 42.7. The van der Waals surface area contributed by atoms with E-state index < -0.39 is 78.4 Å². The number of aromatic nitrogens is 1. The predicted molar refractivity (Wildman–Crippen MR) is 285 cm³/mol. The Labute approximate surface area is 456 Å². The standard InChI is InChI=1S/C17H29N3O4S.C17H31N3O4S.C16H31N3O5S/c1-8-13(21)15(24-17(25-4)14(8)22)12-9(2)23-16(19-12)11-5-10(6-18)7-20(11)3;1-8-13(21)15(24-17(25-3)14(8)22)12(9-7-10(9)18)19-16(23)11-5-4-6-20(11)2;1-7-12(21)14(24-16(25-4)13(7)22)11(8(2)20)18-15(23)10-5-9(17)6-19(10)3/h8,10-11,13-15,17,21-22H,5-7,18H2,1-4H3;8-15,17,21-22H,4-7,18H2,1-3H3,(H,19,23);7-14,16,20-22H,5-6,17H2,1-4H3,(H,18,23)/p+3/t8-,10-,11-,13+,14+,15+,17+;8-,9-,10-,11-,12+,13+,14+,15+,17+;7-,8+,9+,10-,11+,12+,13+,14+,16+/m000/s1. The number of likely N-dealkylation sites (tertiary alicyclic amines) is 3. The van der Waals surface area contributed by atoms with Crippen LogP contribution in [0.3, 0.4) is 0 Å². The second-order valence-electron chi connectivity index (χ2n) is 22.6. The Morgan fingerprint density at radius 1 is 0.733 bits per heavy atom. The van der Waals surface area contributed by atoms with E-state index in [4.69, 9.17) is 23.6 Å². The Kier molecular flexibility index (Phi) is 22.9. The SMILES string of the molecule is CS[C@H]1O[C@H]([C@H](NC(=O)[C@@H]2CCCN2C)[C@H]2C[C@@H]2[NH3+])[C@H](O)[C@H](C)[C@H]1O.CS[C@H]1O[C@H]([C@H](NC(=O)[C@@H]2C[C@@H]([NH3+])CN2C)[C@@H](C)O)[C@H](O)[C@H](C)[C@H]1O.CS[C@H]1O[C@H](c2nc([C@@H]3C[C@@H](C[NH3+])CN3C)oc2C)[C@H](O)[C@H](C)[C@H]1O. The number of hydrogen-bond acceptors (Lipinski definition) is 20. The minimum atomic E-state index is -0.986. The Morgan fingerprint density at radius 2 is 1.27 bits per heavy atom. The molecule has 8 rings (SSSR count). The minimum absolute atomic E-state index is 0.0133. The first-order valence-corrected chi connectivity index (χ1v) is 30.7. The molecule has 25 atom stereocenters. The van der Waals surface area contributed by atoms with Gasteiger partial charge in [-0.2, -0.15) is 0 Å². The Balaban J connectivity index is 0.000000183. The largest absolute Gasteiger partial charge is 0.444 e.